The SMILES string of the molecule is N=C(S[C@H]1CC(=O)N(c2ccc(Cl)cc2)C1=O)N1N=C(c2ccccc2)C[C@H]1c1ccccc1. The van der Waals surface area contributed by atoms with E-state index in [9.17, 15) is 9.59 Å². The Hall–Kier alpha value is -3.42. The van der Waals surface area contributed by atoms with Crippen LogP contribution in [0.4, 0.5) is 5.69 Å². The average Bonchev–Trinajstić information content (AvgIpc) is 3.42. The van der Waals surface area contributed by atoms with Gasteiger partial charge in [0.1, 0.15) is 5.25 Å². The molecule has 1 N–H and O–H groups in total. The highest BCUT2D eigenvalue weighted by Crippen LogP contribution is 2.37. The van der Waals surface area contributed by atoms with Crippen molar-refractivity contribution in [2.45, 2.75) is 24.1 Å². The van der Waals surface area contributed by atoms with Crippen molar-refractivity contribution in [2.24, 2.45) is 5.10 Å². The number of hydrogen-bond acceptors (Lipinski definition) is 5. The molecular weight excluding hydrogens is 468 g/mol. The minimum atomic E-state index is -0.678. The van der Waals surface area contributed by atoms with E-state index in [1.165, 1.54) is 4.90 Å². The Bertz CT molecular complexity index is 1260. The van der Waals surface area contributed by atoms with Gasteiger partial charge in [0, 0.05) is 17.9 Å². The number of amidine groups is 1. The molecule has 3 aromatic carbocycles. The number of imide groups is 1. The maximum Gasteiger partial charge on any atom is 0.247 e. The van der Waals surface area contributed by atoms with E-state index in [-0.39, 0.29) is 29.4 Å². The first-order valence-corrected chi connectivity index (χ1v) is 12.1. The number of nitrogens with zero attached hydrogens (tertiary/aromatic N) is 3. The number of carbonyl (C=O) groups excluding carboxylic acids is 2. The van der Waals surface area contributed by atoms with Crippen LogP contribution in [0.3, 0.4) is 0 Å². The maximum atomic E-state index is 13.1. The summed E-state index contributed by atoms with van der Waals surface area (Å²) in [4.78, 5) is 26.9. The van der Waals surface area contributed by atoms with Crippen LogP contribution in [-0.2, 0) is 9.59 Å². The second kappa shape index (κ2) is 9.44. The molecule has 5 rings (SSSR count). The fourth-order valence-electron chi connectivity index (χ4n) is 4.18. The number of halogens is 1. The summed E-state index contributed by atoms with van der Waals surface area (Å²) < 4.78 is 0. The zero-order chi connectivity index (χ0) is 23.7. The Morgan fingerprint density at radius 3 is 2.24 bits per heavy atom. The third-order valence-corrected chi connectivity index (χ3v) is 7.17. The number of benzene rings is 3. The van der Waals surface area contributed by atoms with E-state index in [1.54, 1.807) is 29.3 Å². The van der Waals surface area contributed by atoms with E-state index in [0.29, 0.717) is 17.1 Å². The summed E-state index contributed by atoms with van der Waals surface area (Å²) >= 11 is 7.02. The van der Waals surface area contributed by atoms with Crippen LogP contribution < -0.4 is 4.90 Å². The molecule has 34 heavy (non-hydrogen) atoms. The van der Waals surface area contributed by atoms with Gasteiger partial charge in [-0.05, 0) is 35.4 Å². The third kappa shape index (κ3) is 4.36. The van der Waals surface area contributed by atoms with Gasteiger partial charge in [0.25, 0.3) is 0 Å². The van der Waals surface area contributed by atoms with Crippen molar-refractivity contribution in [1.29, 1.82) is 5.41 Å². The molecule has 2 amide bonds. The monoisotopic (exact) mass is 488 g/mol. The molecular formula is C26H21ClN4O2S. The maximum absolute atomic E-state index is 13.1. The lowest BCUT2D eigenvalue weighted by Crippen LogP contribution is -2.32. The number of hydrazone groups is 1. The molecule has 1 saturated heterocycles. The van der Waals surface area contributed by atoms with Crippen molar-refractivity contribution in [3.05, 3.63) is 101 Å². The molecule has 1 fully saturated rings. The Kier molecular flexibility index (Phi) is 6.22. The van der Waals surface area contributed by atoms with Crippen molar-refractivity contribution in [3.63, 3.8) is 0 Å². The Morgan fingerprint density at radius 1 is 0.912 bits per heavy atom. The summed E-state index contributed by atoms with van der Waals surface area (Å²) in [5.41, 5.74) is 3.42. The summed E-state index contributed by atoms with van der Waals surface area (Å²) in [6.45, 7) is 0. The van der Waals surface area contributed by atoms with Gasteiger partial charge in [-0.1, -0.05) is 84.0 Å². The second-order valence-electron chi connectivity index (χ2n) is 8.05. The lowest BCUT2D eigenvalue weighted by Gasteiger charge is -2.24. The van der Waals surface area contributed by atoms with Gasteiger partial charge in [0.2, 0.25) is 11.8 Å². The Labute approximate surface area is 206 Å². The van der Waals surface area contributed by atoms with Gasteiger partial charge in [-0.25, -0.2) is 9.91 Å². The minimum Gasteiger partial charge on any atom is -0.277 e. The summed E-state index contributed by atoms with van der Waals surface area (Å²) in [6.07, 6.45) is 0.680. The normalized spacial score (nSPS) is 20.1. The van der Waals surface area contributed by atoms with Crippen molar-refractivity contribution >= 4 is 51.7 Å². The molecule has 8 heteroatoms. The van der Waals surface area contributed by atoms with Crippen LogP contribution >= 0.6 is 23.4 Å². The fourth-order valence-corrected chi connectivity index (χ4v) is 5.29. The van der Waals surface area contributed by atoms with Gasteiger partial charge in [0.15, 0.2) is 5.17 Å². The van der Waals surface area contributed by atoms with Gasteiger partial charge < -0.3 is 0 Å². The lowest BCUT2D eigenvalue weighted by atomic mass is 9.99. The zero-order valence-electron chi connectivity index (χ0n) is 18.1. The van der Waals surface area contributed by atoms with E-state index < -0.39 is 5.25 Å². The fraction of sp³-hybridized carbons (Fsp3) is 0.154. The molecule has 2 aliphatic heterocycles. The molecule has 0 spiro atoms. The molecule has 0 radical (unpaired) electrons. The molecule has 6 nitrogen and oxygen atoms in total. The Morgan fingerprint density at radius 2 is 1.56 bits per heavy atom. The number of nitrogens with one attached hydrogen (secondary N) is 1. The summed E-state index contributed by atoms with van der Waals surface area (Å²) in [5.74, 6) is -0.614. The van der Waals surface area contributed by atoms with Crippen LogP contribution in [0.1, 0.15) is 30.0 Å². The summed E-state index contributed by atoms with van der Waals surface area (Å²) in [6, 6.07) is 26.3. The van der Waals surface area contributed by atoms with E-state index in [4.69, 9.17) is 22.1 Å². The molecule has 170 valence electrons. The Balaban J connectivity index is 1.38. The number of hydrogen-bond donors (Lipinski definition) is 1. The predicted molar refractivity (Wildman–Crippen MR) is 136 cm³/mol. The smallest absolute Gasteiger partial charge is 0.247 e. The van der Waals surface area contributed by atoms with Gasteiger partial charge in [-0.15, -0.1) is 0 Å². The van der Waals surface area contributed by atoms with Crippen LogP contribution in [0.25, 0.3) is 0 Å². The van der Waals surface area contributed by atoms with Crippen LogP contribution in [-0.4, -0.2) is 33.0 Å². The van der Waals surface area contributed by atoms with Crippen molar-refractivity contribution in [2.75, 3.05) is 4.90 Å². The highest BCUT2D eigenvalue weighted by Gasteiger charge is 2.42. The highest BCUT2D eigenvalue weighted by atomic mass is 35.5. The average molecular weight is 489 g/mol. The van der Waals surface area contributed by atoms with E-state index >= 15 is 0 Å². The van der Waals surface area contributed by atoms with E-state index in [0.717, 1.165) is 28.6 Å². The molecule has 0 aromatic heterocycles. The quantitative estimate of drug-likeness (QED) is 0.299. The molecule has 0 aliphatic carbocycles. The highest BCUT2D eigenvalue weighted by molar-refractivity contribution is 8.14. The zero-order valence-corrected chi connectivity index (χ0v) is 19.7. The van der Waals surface area contributed by atoms with Crippen LogP contribution in [0.2, 0.25) is 5.02 Å². The lowest BCUT2D eigenvalue weighted by molar-refractivity contribution is -0.121. The molecule has 2 aliphatic rings. The molecule has 0 bridgehead atoms. The number of rotatable bonds is 4. The number of carbonyl (C=O) groups is 2. The van der Waals surface area contributed by atoms with Crippen LogP contribution in [0, 0.1) is 5.41 Å². The van der Waals surface area contributed by atoms with Crippen molar-refractivity contribution in [1.82, 2.24) is 5.01 Å². The summed E-state index contributed by atoms with van der Waals surface area (Å²) in [5, 5.41) is 15.3. The van der Waals surface area contributed by atoms with Crippen LogP contribution in [0.5, 0.6) is 0 Å². The molecule has 0 unspecified atom stereocenters. The first-order chi connectivity index (χ1) is 16.5. The molecule has 3 aromatic rings. The number of amides is 2. The largest absolute Gasteiger partial charge is 0.277 e. The number of thioether (sulfide) groups is 1. The van der Waals surface area contributed by atoms with E-state index in [1.807, 2.05) is 60.7 Å². The van der Waals surface area contributed by atoms with Crippen molar-refractivity contribution < 1.29 is 9.59 Å². The summed E-state index contributed by atoms with van der Waals surface area (Å²) in [7, 11) is 0. The van der Waals surface area contributed by atoms with Crippen LogP contribution in [0.15, 0.2) is 90.0 Å². The molecule has 0 saturated carbocycles. The molecule has 2 atom stereocenters. The predicted octanol–water partition coefficient (Wildman–Crippen LogP) is 5.49. The van der Waals surface area contributed by atoms with E-state index in [2.05, 4.69) is 0 Å². The second-order valence-corrected chi connectivity index (χ2v) is 9.68. The van der Waals surface area contributed by atoms with Gasteiger partial charge >= 0.3 is 0 Å². The van der Waals surface area contributed by atoms with Gasteiger partial charge in [0.05, 0.1) is 17.4 Å². The first-order valence-electron chi connectivity index (χ1n) is 10.9. The van der Waals surface area contributed by atoms with Crippen molar-refractivity contribution in [3.8, 4) is 0 Å². The molecule has 2 heterocycles. The first kappa shape index (κ1) is 22.4. The van der Waals surface area contributed by atoms with Gasteiger partial charge in [-0.2, -0.15) is 5.10 Å². The topological polar surface area (TPSA) is 76.8 Å². The third-order valence-electron chi connectivity index (χ3n) is 5.85. The number of anilines is 1. The minimum absolute atomic E-state index is 0.0353. The standard InChI is InChI=1S/C26H21ClN4O2S/c27-19-11-13-20(14-12-19)30-24(32)16-23(25(30)33)34-26(28)31-22(18-9-5-2-6-10-18)15-21(29-31)17-7-3-1-4-8-17/h1-14,22-23,28H,15-16H2/t22-,23-/m0/s1. The van der Waals surface area contributed by atoms with Gasteiger partial charge in [-0.3, -0.25) is 15.0 Å².